The van der Waals surface area contributed by atoms with Crippen LogP contribution in [0.15, 0.2) is 85.0 Å². The van der Waals surface area contributed by atoms with E-state index >= 15 is 0 Å². The van der Waals surface area contributed by atoms with Crippen LogP contribution in [0, 0.1) is 23.2 Å². The summed E-state index contributed by atoms with van der Waals surface area (Å²) in [5.74, 6) is -4.81. The van der Waals surface area contributed by atoms with Crippen LogP contribution in [0.4, 0.5) is 10.5 Å². The van der Waals surface area contributed by atoms with Crippen molar-refractivity contribution in [2.75, 3.05) is 84.6 Å². The number of anilines is 1. The number of epoxide rings is 1. The maximum atomic E-state index is 14.1. The number of cyclic esters (lactones) is 1. The second kappa shape index (κ2) is 35.9. The van der Waals surface area contributed by atoms with Gasteiger partial charge in [-0.15, -0.1) is 0 Å². The number of carbonyl (C=O) groups is 11. The van der Waals surface area contributed by atoms with E-state index in [9.17, 15) is 52.7 Å². The Bertz CT molecular complexity index is 3370. The summed E-state index contributed by atoms with van der Waals surface area (Å²) in [4.78, 5) is 147. The standard InChI is InChI=1S/C69H91ClN10O17/c1-41(2)33-52-66(89)96-53(11-10-12-57(83)76-51(35-46-15-20-54(92-9)50(70)34-46)64(87)73-40-69(7,8)67(90)77-52)43(5)62-63(97-62)47-16-13-45(14-17-47)38-78-26-28-79(29-27-78)68(91)95-39-48-18-19-49(75-58(84)37-72-65(88)61(42(3)4)74-44(6)81)36-55(48)94-32-31-93-30-24-71-56(82)23-25-80-59(85)21-22-60(80)86/h10,12-22,34,36,41-43,51-53,61-63H,11,23-33,35,37-40H2,1-9H3,(H,71,82)(H,72,88)(H,73,87)(H,74,81)(H,75,84)(H,76,83)(H,77,90)/b12-10+/t43-,51+,52-,53-,61?,62+,63+/m0/s1. The number of rotatable bonds is 28. The predicted molar refractivity (Wildman–Crippen MR) is 356 cm³/mol. The normalized spacial score (nSPS) is 21.0. The van der Waals surface area contributed by atoms with E-state index in [1.54, 1.807) is 75.1 Å². The van der Waals surface area contributed by atoms with Crippen molar-refractivity contribution >= 4 is 82.5 Å². The van der Waals surface area contributed by atoms with Crippen LogP contribution in [0.3, 0.4) is 0 Å². The van der Waals surface area contributed by atoms with Gasteiger partial charge in [-0.1, -0.05) is 82.6 Å². The molecule has 0 aliphatic carbocycles. The maximum absolute atomic E-state index is 14.1. The average Bonchev–Trinajstić information content (AvgIpc) is 1.64. The van der Waals surface area contributed by atoms with Crippen molar-refractivity contribution in [1.29, 1.82) is 0 Å². The monoisotopic (exact) mass is 1370 g/mol. The summed E-state index contributed by atoms with van der Waals surface area (Å²) in [7, 11) is 1.49. The molecule has 0 aromatic heterocycles. The van der Waals surface area contributed by atoms with Gasteiger partial charge in [0.15, 0.2) is 0 Å². The van der Waals surface area contributed by atoms with Gasteiger partial charge in [-0.3, -0.25) is 53.0 Å². The molecule has 0 bridgehead atoms. The third-order valence-corrected chi connectivity index (χ3v) is 17.0. The van der Waals surface area contributed by atoms with Crippen LogP contribution in [0.2, 0.25) is 5.02 Å². The number of ether oxygens (including phenoxy) is 6. The molecule has 526 valence electrons. The molecule has 10 amide bonds. The summed E-state index contributed by atoms with van der Waals surface area (Å²) < 4.78 is 35.4. The lowest BCUT2D eigenvalue weighted by atomic mass is 9.90. The number of methoxy groups -OCH3 is 1. The minimum atomic E-state index is -1.17. The molecule has 0 spiro atoms. The highest BCUT2D eigenvalue weighted by Crippen LogP contribution is 2.45. The Hall–Kier alpha value is -8.92. The molecule has 7 atom stereocenters. The number of halogens is 1. The smallest absolute Gasteiger partial charge is 0.410 e. The van der Waals surface area contributed by atoms with Crippen molar-refractivity contribution in [3.8, 4) is 11.5 Å². The molecule has 0 radical (unpaired) electrons. The van der Waals surface area contributed by atoms with Gasteiger partial charge in [0, 0.05) is 114 Å². The number of esters is 1. The largest absolute Gasteiger partial charge is 0.495 e. The van der Waals surface area contributed by atoms with Crippen LogP contribution in [0.5, 0.6) is 11.5 Å². The van der Waals surface area contributed by atoms with Crippen molar-refractivity contribution in [2.45, 2.75) is 131 Å². The first-order valence-electron chi connectivity index (χ1n) is 32.6. The second-order valence-electron chi connectivity index (χ2n) is 25.8. The van der Waals surface area contributed by atoms with Gasteiger partial charge in [0.2, 0.25) is 41.4 Å². The van der Waals surface area contributed by atoms with Gasteiger partial charge in [0.25, 0.3) is 11.8 Å². The van der Waals surface area contributed by atoms with Crippen LogP contribution >= 0.6 is 11.6 Å². The molecule has 4 heterocycles. The Morgan fingerprint density at radius 3 is 2.18 bits per heavy atom. The number of hydrogen-bond acceptors (Lipinski definition) is 18. The number of carbonyl (C=O) groups excluding carboxylic acids is 11. The summed E-state index contributed by atoms with van der Waals surface area (Å²) in [5, 5.41) is 19.4. The Balaban J connectivity index is 0.915. The molecule has 3 aromatic rings. The Labute approximate surface area is 570 Å². The van der Waals surface area contributed by atoms with Crippen molar-refractivity contribution in [3.05, 3.63) is 112 Å². The minimum Gasteiger partial charge on any atom is -0.495 e. The van der Waals surface area contributed by atoms with Gasteiger partial charge in [-0.05, 0) is 79.1 Å². The molecule has 2 fully saturated rings. The van der Waals surface area contributed by atoms with Crippen molar-refractivity contribution in [1.82, 2.24) is 46.6 Å². The minimum absolute atomic E-state index is 0.00120. The maximum Gasteiger partial charge on any atom is 0.410 e. The third-order valence-electron chi connectivity index (χ3n) is 16.7. The molecule has 4 aliphatic heterocycles. The fraction of sp³-hybridized carbons (Fsp3) is 0.522. The predicted octanol–water partition coefficient (Wildman–Crippen LogP) is 4.19. The van der Waals surface area contributed by atoms with Gasteiger partial charge in [0.05, 0.1) is 43.4 Å². The highest BCUT2D eigenvalue weighted by atomic mass is 35.5. The van der Waals surface area contributed by atoms with E-state index in [-0.39, 0.29) is 119 Å². The molecule has 28 heteroatoms. The van der Waals surface area contributed by atoms with E-state index in [1.165, 1.54) is 20.1 Å². The first kappa shape index (κ1) is 75.5. The number of hydrogen-bond donors (Lipinski definition) is 7. The first-order valence-corrected chi connectivity index (χ1v) is 33.0. The number of benzene rings is 3. The number of nitrogens with zero attached hydrogens (tertiary/aromatic N) is 3. The fourth-order valence-electron chi connectivity index (χ4n) is 11.0. The second-order valence-corrected chi connectivity index (χ2v) is 26.2. The number of nitrogens with one attached hydrogen (secondary N) is 7. The molecular weight excluding hydrogens is 1280 g/mol. The quantitative estimate of drug-likeness (QED) is 0.0232. The van der Waals surface area contributed by atoms with E-state index in [0.29, 0.717) is 66.7 Å². The van der Waals surface area contributed by atoms with Crippen LogP contribution in [-0.4, -0.2) is 190 Å². The molecule has 7 rings (SSSR count). The molecular formula is C69H91ClN10O17. The Morgan fingerprint density at radius 1 is 0.794 bits per heavy atom. The van der Waals surface area contributed by atoms with E-state index in [2.05, 4.69) is 42.1 Å². The zero-order valence-corrected chi connectivity index (χ0v) is 57.2. The zero-order valence-electron chi connectivity index (χ0n) is 56.5. The van der Waals surface area contributed by atoms with E-state index in [0.717, 1.165) is 28.2 Å². The van der Waals surface area contributed by atoms with Gasteiger partial charge in [-0.2, -0.15) is 0 Å². The number of amides is 10. The van der Waals surface area contributed by atoms with Crippen LogP contribution in [-0.2, 0) is 86.5 Å². The summed E-state index contributed by atoms with van der Waals surface area (Å²) in [5.41, 5.74) is 2.24. The third kappa shape index (κ3) is 23.1. The van der Waals surface area contributed by atoms with Crippen molar-refractivity contribution in [2.24, 2.45) is 23.2 Å². The van der Waals surface area contributed by atoms with Gasteiger partial charge >= 0.3 is 12.1 Å². The topological polar surface area (TPSA) is 340 Å². The van der Waals surface area contributed by atoms with Crippen LogP contribution < -0.4 is 46.7 Å². The highest BCUT2D eigenvalue weighted by molar-refractivity contribution is 6.32. The molecule has 3 aromatic carbocycles. The van der Waals surface area contributed by atoms with E-state index in [4.69, 9.17) is 40.0 Å². The molecule has 2 saturated heterocycles. The molecule has 1 unspecified atom stereocenters. The van der Waals surface area contributed by atoms with Crippen molar-refractivity contribution in [3.63, 3.8) is 0 Å². The molecule has 0 saturated carbocycles. The van der Waals surface area contributed by atoms with Crippen molar-refractivity contribution < 1.29 is 81.2 Å². The summed E-state index contributed by atoms with van der Waals surface area (Å²) in [6, 6.07) is 15.0. The molecule has 97 heavy (non-hydrogen) atoms. The van der Waals surface area contributed by atoms with Crippen LogP contribution in [0.25, 0.3) is 0 Å². The van der Waals surface area contributed by atoms with E-state index in [1.807, 2.05) is 45.0 Å². The Kier molecular flexibility index (Phi) is 27.9. The summed E-state index contributed by atoms with van der Waals surface area (Å²) in [6.45, 7) is 16.1. The lowest BCUT2D eigenvalue weighted by molar-refractivity contribution is -0.157. The SMILES string of the molecule is COc1ccc(C[C@H]2NC(=O)/C=C/C[C@@H]([C@H](C)[C@H]3O[C@@H]3c3ccc(CN4CCN(C(=O)OCc5ccc(NC(=O)CNC(=O)C(NC(C)=O)C(C)C)cc5OCCOCCNC(=O)CCN5C(=O)C=CC5=O)CC4)cc3)OC(=O)[C@H](CC(C)C)NC(=O)C(C)(C)CNC2=O)cc1Cl. The molecule has 4 aliphatic rings. The molecule has 7 N–H and O–H groups in total. The summed E-state index contributed by atoms with van der Waals surface area (Å²) in [6.07, 6.45) is 3.67. The number of piperazine rings is 1. The Morgan fingerprint density at radius 2 is 1.51 bits per heavy atom. The number of imide groups is 1. The van der Waals surface area contributed by atoms with Crippen LogP contribution in [0.1, 0.15) is 103 Å². The van der Waals surface area contributed by atoms with Gasteiger partial charge < -0.3 is 70.5 Å². The lowest BCUT2D eigenvalue weighted by Gasteiger charge is -2.34. The fourth-order valence-corrected chi connectivity index (χ4v) is 11.3. The summed E-state index contributed by atoms with van der Waals surface area (Å²) >= 11 is 6.41. The van der Waals surface area contributed by atoms with E-state index < -0.39 is 83.1 Å². The average molecular weight is 1370 g/mol. The first-order chi connectivity index (χ1) is 46.2. The van der Waals surface area contributed by atoms with Gasteiger partial charge in [-0.25, -0.2) is 9.59 Å². The zero-order chi connectivity index (χ0) is 70.5. The van der Waals surface area contributed by atoms with Gasteiger partial charge in [0.1, 0.15) is 55.0 Å². The molecule has 27 nitrogen and oxygen atoms in total. The highest BCUT2D eigenvalue weighted by Gasteiger charge is 2.48. The lowest BCUT2D eigenvalue weighted by Crippen LogP contribution is -2.54.